The molecule has 0 atom stereocenters. The van der Waals surface area contributed by atoms with Crippen molar-refractivity contribution in [2.75, 3.05) is 19.6 Å². The molecule has 0 aromatic heterocycles. The first-order valence-corrected chi connectivity index (χ1v) is 8.48. The van der Waals surface area contributed by atoms with Gasteiger partial charge in [0.05, 0.1) is 0 Å². The van der Waals surface area contributed by atoms with Crippen molar-refractivity contribution in [1.29, 1.82) is 0 Å². The Kier molecular flexibility index (Phi) is 6.54. The van der Waals surface area contributed by atoms with Gasteiger partial charge < -0.3 is 10.2 Å². The molecule has 1 N–H and O–H groups in total. The van der Waals surface area contributed by atoms with Gasteiger partial charge in [-0.15, -0.1) is 0 Å². The highest BCUT2D eigenvalue weighted by atomic mass is 19.3. The highest BCUT2D eigenvalue weighted by Gasteiger charge is 2.29. The number of amides is 2. The van der Waals surface area contributed by atoms with Crippen LogP contribution >= 0.6 is 0 Å². The summed E-state index contributed by atoms with van der Waals surface area (Å²) in [5, 5.41) is 2.97. The number of hydrogen-bond acceptors (Lipinski definition) is 2. The van der Waals surface area contributed by atoms with Crippen LogP contribution in [0.3, 0.4) is 0 Å². The van der Waals surface area contributed by atoms with Gasteiger partial charge in [-0.3, -0.25) is 9.59 Å². The third-order valence-corrected chi connectivity index (χ3v) is 5.16. The van der Waals surface area contributed by atoms with Crippen molar-refractivity contribution in [3.63, 3.8) is 0 Å². The zero-order valence-electron chi connectivity index (χ0n) is 13.5. The minimum Gasteiger partial charge on any atom is -0.356 e. The molecular weight excluding hydrogens is 302 g/mol. The number of hydrogen-bond donors (Lipinski definition) is 1. The highest BCUT2D eigenvalue weighted by Crippen LogP contribution is 2.32. The van der Waals surface area contributed by atoms with Crippen molar-refractivity contribution in [2.24, 2.45) is 17.8 Å². The number of carbonyl (C=O) groups is 2. The quantitative estimate of drug-likeness (QED) is 0.789. The molecule has 0 aromatic carbocycles. The molecule has 2 rings (SSSR count). The predicted molar refractivity (Wildman–Crippen MR) is 84.0 cm³/mol. The van der Waals surface area contributed by atoms with E-state index in [-0.39, 0.29) is 17.7 Å². The standard InChI is InChI=1S/C17H26F2N2O2/c1-2-15(22)21-9-7-14(8-10-21)17(23)20-11-12-3-5-13(6-4-12)16(18)19/h2,12-14,16H,1,3-11H2,(H,20,23). The molecule has 2 aliphatic rings. The average molecular weight is 328 g/mol. The molecule has 2 fully saturated rings. The highest BCUT2D eigenvalue weighted by molar-refractivity contribution is 5.87. The summed E-state index contributed by atoms with van der Waals surface area (Å²) in [7, 11) is 0. The molecule has 130 valence electrons. The SMILES string of the molecule is C=CC(=O)N1CCC(C(=O)NCC2CCC(C(F)F)CC2)CC1. The van der Waals surface area contributed by atoms with Gasteiger partial charge >= 0.3 is 0 Å². The minimum absolute atomic E-state index is 0.0340. The van der Waals surface area contributed by atoms with Crippen molar-refractivity contribution < 1.29 is 18.4 Å². The van der Waals surface area contributed by atoms with Gasteiger partial charge in [-0.2, -0.15) is 0 Å². The molecule has 1 heterocycles. The van der Waals surface area contributed by atoms with Gasteiger partial charge in [0.2, 0.25) is 18.2 Å². The lowest BCUT2D eigenvalue weighted by molar-refractivity contribution is -0.132. The van der Waals surface area contributed by atoms with E-state index in [1.165, 1.54) is 6.08 Å². The smallest absolute Gasteiger partial charge is 0.245 e. The number of piperidine rings is 1. The summed E-state index contributed by atoms with van der Waals surface area (Å²) in [5.41, 5.74) is 0. The van der Waals surface area contributed by atoms with Crippen molar-refractivity contribution in [3.05, 3.63) is 12.7 Å². The van der Waals surface area contributed by atoms with Crippen LogP contribution in [0, 0.1) is 17.8 Å². The van der Waals surface area contributed by atoms with E-state index in [0.717, 1.165) is 12.8 Å². The van der Waals surface area contributed by atoms with E-state index >= 15 is 0 Å². The first kappa shape index (κ1) is 17.9. The van der Waals surface area contributed by atoms with Gasteiger partial charge in [-0.25, -0.2) is 8.78 Å². The molecule has 0 bridgehead atoms. The molecule has 4 nitrogen and oxygen atoms in total. The number of carbonyl (C=O) groups excluding carboxylic acids is 2. The van der Waals surface area contributed by atoms with Crippen molar-refractivity contribution in [1.82, 2.24) is 10.2 Å². The van der Waals surface area contributed by atoms with Gasteiger partial charge in [0, 0.05) is 31.5 Å². The van der Waals surface area contributed by atoms with Gasteiger partial charge in [0.15, 0.2) is 0 Å². The molecule has 0 unspecified atom stereocenters. The summed E-state index contributed by atoms with van der Waals surface area (Å²) in [4.78, 5) is 25.4. The van der Waals surface area contributed by atoms with Gasteiger partial charge in [0.25, 0.3) is 0 Å². The Morgan fingerprint density at radius 3 is 2.26 bits per heavy atom. The second kappa shape index (κ2) is 8.41. The lowest BCUT2D eigenvalue weighted by atomic mass is 9.82. The van der Waals surface area contributed by atoms with E-state index in [4.69, 9.17) is 0 Å². The van der Waals surface area contributed by atoms with Crippen LogP contribution in [-0.2, 0) is 9.59 Å². The number of halogens is 2. The summed E-state index contributed by atoms with van der Waals surface area (Å²) >= 11 is 0. The van der Waals surface area contributed by atoms with Gasteiger partial charge in [-0.1, -0.05) is 6.58 Å². The number of nitrogens with zero attached hydrogens (tertiary/aromatic N) is 1. The van der Waals surface area contributed by atoms with Gasteiger partial charge in [0.1, 0.15) is 0 Å². The third kappa shape index (κ3) is 5.01. The van der Waals surface area contributed by atoms with E-state index < -0.39 is 12.3 Å². The van der Waals surface area contributed by atoms with Crippen LogP contribution in [0.25, 0.3) is 0 Å². The molecule has 6 heteroatoms. The fraction of sp³-hybridized carbons (Fsp3) is 0.765. The molecular formula is C17H26F2N2O2. The Balaban J connectivity index is 1.66. The Labute approximate surface area is 136 Å². The summed E-state index contributed by atoms with van der Waals surface area (Å²) < 4.78 is 25.2. The van der Waals surface area contributed by atoms with Crippen LogP contribution in [0.15, 0.2) is 12.7 Å². The zero-order valence-corrected chi connectivity index (χ0v) is 13.5. The summed E-state index contributed by atoms with van der Waals surface area (Å²) in [6.45, 7) is 5.23. The predicted octanol–water partition coefficient (Wildman–Crippen LogP) is 2.60. The lowest BCUT2D eigenvalue weighted by Gasteiger charge is -2.32. The second-order valence-electron chi connectivity index (χ2n) is 6.66. The Bertz CT molecular complexity index is 426. The Morgan fingerprint density at radius 1 is 1.13 bits per heavy atom. The molecule has 1 saturated carbocycles. The summed E-state index contributed by atoms with van der Waals surface area (Å²) in [5.74, 6) is -0.252. The maximum absolute atomic E-state index is 12.6. The number of rotatable bonds is 5. The summed E-state index contributed by atoms with van der Waals surface area (Å²) in [6.07, 6.45) is 3.07. The summed E-state index contributed by atoms with van der Waals surface area (Å²) in [6, 6.07) is 0. The molecule has 0 aromatic rings. The van der Waals surface area contributed by atoms with E-state index in [9.17, 15) is 18.4 Å². The van der Waals surface area contributed by atoms with Crippen LogP contribution < -0.4 is 5.32 Å². The minimum atomic E-state index is -2.21. The number of alkyl halides is 2. The van der Waals surface area contributed by atoms with Crippen molar-refractivity contribution >= 4 is 11.8 Å². The molecule has 23 heavy (non-hydrogen) atoms. The first-order chi connectivity index (χ1) is 11.0. The number of likely N-dealkylation sites (tertiary alicyclic amines) is 1. The van der Waals surface area contributed by atoms with Crippen LogP contribution in [0.4, 0.5) is 8.78 Å². The third-order valence-electron chi connectivity index (χ3n) is 5.16. The Hall–Kier alpha value is -1.46. The average Bonchev–Trinajstić information content (AvgIpc) is 2.59. The molecule has 2 amide bonds. The molecule has 1 aliphatic carbocycles. The van der Waals surface area contributed by atoms with E-state index in [2.05, 4.69) is 11.9 Å². The van der Waals surface area contributed by atoms with Crippen molar-refractivity contribution in [3.8, 4) is 0 Å². The molecule has 1 saturated heterocycles. The Morgan fingerprint density at radius 2 is 1.74 bits per heavy atom. The normalized spacial score (nSPS) is 26.1. The molecule has 1 aliphatic heterocycles. The zero-order chi connectivity index (χ0) is 16.8. The largest absolute Gasteiger partial charge is 0.356 e. The van der Waals surface area contributed by atoms with E-state index in [1.807, 2.05) is 0 Å². The first-order valence-electron chi connectivity index (χ1n) is 8.48. The second-order valence-corrected chi connectivity index (χ2v) is 6.66. The fourth-order valence-corrected chi connectivity index (χ4v) is 3.52. The van der Waals surface area contributed by atoms with Crippen molar-refractivity contribution in [2.45, 2.75) is 45.0 Å². The molecule has 0 radical (unpaired) electrons. The van der Waals surface area contributed by atoms with Crippen LogP contribution in [0.2, 0.25) is 0 Å². The maximum Gasteiger partial charge on any atom is 0.245 e. The van der Waals surface area contributed by atoms with Crippen LogP contribution in [-0.4, -0.2) is 42.8 Å². The molecule has 0 spiro atoms. The van der Waals surface area contributed by atoms with Gasteiger partial charge in [-0.05, 0) is 50.5 Å². The fourth-order valence-electron chi connectivity index (χ4n) is 3.52. The maximum atomic E-state index is 12.6. The monoisotopic (exact) mass is 328 g/mol. The van der Waals surface area contributed by atoms with Crippen LogP contribution in [0.1, 0.15) is 38.5 Å². The topological polar surface area (TPSA) is 49.4 Å². The van der Waals surface area contributed by atoms with Crippen LogP contribution in [0.5, 0.6) is 0 Å². The van der Waals surface area contributed by atoms with E-state index in [0.29, 0.717) is 51.2 Å². The number of nitrogens with one attached hydrogen (secondary N) is 1. The van der Waals surface area contributed by atoms with E-state index in [1.54, 1.807) is 4.90 Å². The lowest BCUT2D eigenvalue weighted by Crippen LogP contribution is -2.43.